The number of piperazine rings is 1. The van der Waals surface area contributed by atoms with Crippen LogP contribution in [-0.4, -0.2) is 146 Å². The fourth-order valence-electron chi connectivity index (χ4n) is 6.44. The SMILES string of the molecule is CCOC(COCCN1CCN(CC(=O)N[C@H](C(=O)N2CC(O)CC2C(=O)NCCc2ccc(-c3scnc3C)cc2)C(C)(C)C)CC1)OCC. The molecule has 0 spiro atoms. The quantitative estimate of drug-likeness (QED) is 0.154. The van der Waals surface area contributed by atoms with Gasteiger partial charge in [-0.05, 0) is 43.7 Å². The molecule has 3 N–H and O–H groups in total. The number of aromatic nitrogens is 1. The number of nitrogens with zero attached hydrogens (tertiary/aromatic N) is 4. The first-order chi connectivity index (χ1) is 24.4. The molecule has 2 aliphatic heterocycles. The van der Waals surface area contributed by atoms with E-state index in [-0.39, 0.29) is 43.5 Å². The Morgan fingerprint density at radius 3 is 2.31 bits per heavy atom. The number of thiazole rings is 1. The highest BCUT2D eigenvalue weighted by Gasteiger charge is 2.44. The van der Waals surface area contributed by atoms with Crippen LogP contribution in [-0.2, 0) is 35.0 Å². The van der Waals surface area contributed by atoms with E-state index in [0.29, 0.717) is 39.4 Å². The summed E-state index contributed by atoms with van der Waals surface area (Å²) in [6.07, 6.45) is -0.387. The van der Waals surface area contributed by atoms with Gasteiger partial charge >= 0.3 is 0 Å². The number of rotatable bonds is 18. The summed E-state index contributed by atoms with van der Waals surface area (Å²) >= 11 is 1.61. The molecule has 13 nitrogen and oxygen atoms in total. The molecule has 284 valence electrons. The van der Waals surface area contributed by atoms with E-state index in [2.05, 4.69) is 37.6 Å². The summed E-state index contributed by atoms with van der Waals surface area (Å²) in [6.45, 7) is 18.1. The van der Waals surface area contributed by atoms with Crippen molar-refractivity contribution in [2.24, 2.45) is 5.41 Å². The summed E-state index contributed by atoms with van der Waals surface area (Å²) < 4.78 is 16.8. The lowest BCUT2D eigenvalue weighted by molar-refractivity contribution is -0.168. The van der Waals surface area contributed by atoms with Gasteiger partial charge in [-0.15, -0.1) is 11.3 Å². The maximum Gasteiger partial charge on any atom is 0.246 e. The number of carbonyl (C=O) groups is 3. The number of likely N-dealkylation sites (tertiary alicyclic amines) is 1. The van der Waals surface area contributed by atoms with Crippen LogP contribution < -0.4 is 10.6 Å². The van der Waals surface area contributed by atoms with Gasteiger partial charge in [0.1, 0.15) is 12.1 Å². The number of aryl methyl sites for hydroxylation is 1. The minimum Gasteiger partial charge on any atom is -0.391 e. The van der Waals surface area contributed by atoms with Crippen molar-refractivity contribution in [2.45, 2.75) is 78.9 Å². The van der Waals surface area contributed by atoms with Crippen molar-refractivity contribution in [1.82, 2.24) is 30.3 Å². The Morgan fingerprint density at radius 2 is 1.71 bits per heavy atom. The van der Waals surface area contributed by atoms with Gasteiger partial charge in [-0.1, -0.05) is 45.0 Å². The fraction of sp³-hybridized carbons (Fsp3) is 0.676. The van der Waals surface area contributed by atoms with Gasteiger partial charge in [0, 0.05) is 65.4 Å². The molecule has 2 fully saturated rings. The van der Waals surface area contributed by atoms with Crippen LogP contribution in [0.4, 0.5) is 0 Å². The summed E-state index contributed by atoms with van der Waals surface area (Å²) in [5, 5.41) is 16.5. The number of amides is 3. The first-order valence-electron chi connectivity index (χ1n) is 18.2. The van der Waals surface area contributed by atoms with Crippen LogP contribution in [0.1, 0.15) is 52.3 Å². The third-order valence-corrected chi connectivity index (χ3v) is 10.3. The topological polar surface area (TPSA) is 146 Å². The van der Waals surface area contributed by atoms with Gasteiger partial charge < -0.3 is 34.9 Å². The lowest BCUT2D eigenvalue weighted by Gasteiger charge is -2.37. The summed E-state index contributed by atoms with van der Waals surface area (Å²) in [5.41, 5.74) is 4.42. The second-order valence-electron chi connectivity index (χ2n) is 14.3. The molecule has 3 atom stereocenters. The summed E-state index contributed by atoms with van der Waals surface area (Å²) in [6, 6.07) is 6.55. The lowest BCUT2D eigenvalue weighted by atomic mass is 9.85. The first kappa shape index (κ1) is 40.8. The zero-order valence-electron chi connectivity index (χ0n) is 31.2. The molecule has 1 aromatic heterocycles. The van der Waals surface area contributed by atoms with Gasteiger partial charge in [-0.3, -0.25) is 24.2 Å². The van der Waals surface area contributed by atoms with Gasteiger partial charge in [0.15, 0.2) is 6.29 Å². The molecule has 0 radical (unpaired) electrons. The molecule has 2 saturated heterocycles. The van der Waals surface area contributed by atoms with E-state index < -0.39 is 23.6 Å². The average molecular weight is 731 g/mol. The summed E-state index contributed by atoms with van der Waals surface area (Å²) in [5.74, 6) is -0.903. The Kier molecular flexibility index (Phi) is 15.8. The number of ether oxygens (including phenoxy) is 3. The van der Waals surface area contributed by atoms with Crippen molar-refractivity contribution >= 4 is 29.1 Å². The molecule has 0 saturated carbocycles. The Labute approximate surface area is 307 Å². The van der Waals surface area contributed by atoms with Gasteiger partial charge in [0.05, 0.1) is 41.9 Å². The maximum atomic E-state index is 14.0. The molecule has 1 aromatic carbocycles. The van der Waals surface area contributed by atoms with Gasteiger partial charge in [0.2, 0.25) is 17.7 Å². The van der Waals surface area contributed by atoms with Crippen LogP contribution in [0.5, 0.6) is 0 Å². The van der Waals surface area contributed by atoms with Crippen LogP contribution in [0.25, 0.3) is 10.4 Å². The van der Waals surface area contributed by atoms with E-state index in [1.807, 2.05) is 59.2 Å². The average Bonchev–Trinajstić information content (AvgIpc) is 3.71. The molecule has 2 aliphatic rings. The second-order valence-corrected chi connectivity index (χ2v) is 15.2. The second kappa shape index (κ2) is 19.7. The molecule has 4 rings (SSSR count). The highest BCUT2D eigenvalue weighted by atomic mass is 32.1. The number of benzene rings is 1. The molecule has 2 aromatic rings. The Bertz CT molecular complexity index is 1390. The number of hydrogen-bond acceptors (Lipinski definition) is 11. The highest BCUT2D eigenvalue weighted by molar-refractivity contribution is 7.13. The number of aliphatic hydroxyl groups excluding tert-OH is 1. The van der Waals surface area contributed by atoms with E-state index in [0.717, 1.165) is 54.4 Å². The van der Waals surface area contributed by atoms with Crippen LogP contribution in [0.3, 0.4) is 0 Å². The highest BCUT2D eigenvalue weighted by Crippen LogP contribution is 2.28. The van der Waals surface area contributed by atoms with Crippen LogP contribution in [0, 0.1) is 12.3 Å². The number of β-amino-alcohol motifs (C(OH)–C–C–N with tert-alkyl or cyclic N) is 1. The standard InChI is InChI=1S/C37H58N6O7S/c1-7-49-32(50-8-2)24-48-20-19-41-15-17-42(18-16-41)23-31(45)40-34(37(4,5)6)36(47)43-22-29(44)21-30(43)35(46)38-14-13-27-9-11-28(12-10-27)33-26(3)39-25-51-33/h9-12,25,29-30,32,34,44H,7-8,13-24H2,1-6H3,(H,38,46)(H,40,45)/t29?,30?,34-/m1/s1. The Balaban J connectivity index is 1.23. The van der Waals surface area contributed by atoms with Crippen molar-refractivity contribution < 1.29 is 33.7 Å². The molecule has 3 heterocycles. The van der Waals surface area contributed by atoms with Gasteiger partial charge in [0.25, 0.3) is 0 Å². The number of nitrogens with one attached hydrogen (secondary N) is 2. The minimum absolute atomic E-state index is 0.0431. The molecular formula is C37H58N6O7S. The van der Waals surface area contributed by atoms with Crippen molar-refractivity contribution in [3.8, 4) is 10.4 Å². The van der Waals surface area contributed by atoms with Crippen LogP contribution >= 0.6 is 11.3 Å². The van der Waals surface area contributed by atoms with E-state index in [9.17, 15) is 19.5 Å². The predicted octanol–water partition coefficient (Wildman–Crippen LogP) is 2.30. The third kappa shape index (κ3) is 12.3. The van der Waals surface area contributed by atoms with Crippen molar-refractivity contribution in [3.05, 3.63) is 41.0 Å². The van der Waals surface area contributed by atoms with Crippen LogP contribution in [0.2, 0.25) is 0 Å². The molecule has 0 bridgehead atoms. The van der Waals surface area contributed by atoms with E-state index in [1.54, 1.807) is 11.3 Å². The normalized spacial score (nSPS) is 19.4. The zero-order valence-corrected chi connectivity index (χ0v) is 32.0. The van der Waals surface area contributed by atoms with E-state index >= 15 is 0 Å². The Morgan fingerprint density at radius 1 is 1.04 bits per heavy atom. The molecule has 3 amide bonds. The Hall–Kier alpha value is -2.98. The number of hydrogen-bond donors (Lipinski definition) is 3. The first-order valence-corrected chi connectivity index (χ1v) is 19.1. The van der Waals surface area contributed by atoms with Crippen molar-refractivity contribution in [3.63, 3.8) is 0 Å². The maximum absolute atomic E-state index is 14.0. The molecule has 0 aliphatic carbocycles. The van der Waals surface area contributed by atoms with Crippen LogP contribution in [0.15, 0.2) is 29.8 Å². The van der Waals surface area contributed by atoms with Crippen molar-refractivity contribution in [1.29, 1.82) is 0 Å². The summed E-state index contributed by atoms with van der Waals surface area (Å²) in [7, 11) is 0. The van der Waals surface area contributed by atoms with E-state index in [1.165, 1.54) is 4.90 Å². The van der Waals surface area contributed by atoms with E-state index in [4.69, 9.17) is 14.2 Å². The monoisotopic (exact) mass is 730 g/mol. The smallest absolute Gasteiger partial charge is 0.246 e. The van der Waals surface area contributed by atoms with Gasteiger partial charge in [-0.25, -0.2) is 4.98 Å². The molecule has 14 heteroatoms. The number of carbonyl (C=O) groups excluding carboxylic acids is 3. The molecule has 2 unspecified atom stereocenters. The summed E-state index contributed by atoms with van der Waals surface area (Å²) in [4.78, 5) is 51.9. The molecular weight excluding hydrogens is 673 g/mol. The van der Waals surface area contributed by atoms with Crippen molar-refractivity contribution in [2.75, 3.05) is 78.8 Å². The largest absolute Gasteiger partial charge is 0.391 e. The predicted molar refractivity (Wildman–Crippen MR) is 197 cm³/mol. The number of aliphatic hydroxyl groups is 1. The van der Waals surface area contributed by atoms with Gasteiger partial charge in [-0.2, -0.15) is 0 Å². The fourth-order valence-corrected chi connectivity index (χ4v) is 7.25. The molecule has 51 heavy (non-hydrogen) atoms. The zero-order chi connectivity index (χ0) is 37.0. The lowest BCUT2D eigenvalue weighted by Crippen LogP contribution is -2.59. The minimum atomic E-state index is -0.859. The third-order valence-electron chi connectivity index (χ3n) is 9.30.